The third kappa shape index (κ3) is 2.37. The minimum absolute atomic E-state index is 0.0767. The summed E-state index contributed by atoms with van der Waals surface area (Å²) in [5.41, 5.74) is -2.04. The van der Waals surface area contributed by atoms with Gasteiger partial charge in [0.1, 0.15) is 5.41 Å². The minimum atomic E-state index is -1.95. The summed E-state index contributed by atoms with van der Waals surface area (Å²) in [5, 5.41) is 22.4. The molecule has 1 aromatic heterocycles. The molecule has 0 spiro atoms. The smallest absolute Gasteiger partial charge is 0.269 e. The van der Waals surface area contributed by atoms with Crippen LogP contribution in [0.5, 0.6) is 0 Å². The molecule has 7 nitrogen and oxygen atoms in total. The van der Waals surface area contributed by atoms with Crippen molar-refractivity contribution in [1.29, 1.82) is 0 Å². The Morgan fingerprint density at radius 3 is 2.27 bits per heavy atom. The summed E-state index contributed by atoms with van der Waals surface area (Å²) in [6.07, 6.45) is 1.19. The third-order valence-electron chi connectivity index (χ3n) is 3.58. The fourth-order valence-corrected chi connectivity index (χ4v) is 2.34. The van der Waals surface area contributed by atoms with E-state index in [9.17, 15) is 24.8 Å². The largest absolute Gasteiger partial charge is 0.549 e. The number of ketones is 1. The first-order chi connectivity index (χ1) is 10.4. The number of benzene rings is 1. The van der Waals surface area contributed by atoms with Crippen molar-refractivity contribution in [2.24, 2.45) is 0 Å². The molecule has 1 aromatic carbocycles. The van der Waals surface area contributed by atoms with Gasteiger partial charge in [0.05, 0.1) is 17.2 Å². The molecule has 0 amide bonds. The topological polar surface area (TPSA) is 113 Å². The average Bonchev–Trinajstić information content (AvgIpc) is 3.02. The van der Waals surface area contributed by atoms with Crippen LogP contribution in [0.1, 0.15) is 29.5 Å². The number of carboxylic acids is 1. The second-order valence-electron chi connectivity index (χ2n) is 4.66. The summed E-state index contributed by atoms with van der Waals surface area (Å²) < 4.78 is 4.99. The maximum atomic E-state index is 12.6. The van der Waals surface area contributed by atoms with Crippen molar-refractivity contribution in [3.05, 3.63) is 64.1 Å². The van der Waals surface area contributed by atoms with Gasteiger partial charge in [-0.2, -0.15) is 0 Å². The molecule has 7 heteroatoms. The lowest BCUT2D eigenvalue weighted by atomic mass is 9.73. The van der Waals surface area contributed by atoms with Crippen LogP contribution < -0.4 is 5.11 Å². The number of non-ortho nitro benzene ring substituents is 1. The molecular weight excluding hydrogens is 290 g/mol. The average molecular weight is 302 g/mol. The van der Waals surface area contributed by atoms with Crippen molar-refractivity contribution < 1.29 is 24.0 Å². The van der Waals surface area contributed by atoms with E-state index in [1.165, 1.54) is 37.5 Å². The van der Waals surface area contributed by atoms with E-state index in [0.29, 0.717) is 0 Å². The Balaban J connectivity index is 2.56. The SMILES string of the molecule is CCC(C(=O)[O-])(C(=O)c1ccco1)c1ccc([N+](=O)[O-])cc1. The van der Waals surface area contributed by atoms with E-state index in [2.05, 4.69) is 0 Å². The highest BCUT2D eigenvalue weighted by Crippen LogP contribution is 2.33. The van der Waals surface area contributed by atoms with Crippen LogP contribution in [-0.4, -0.2) is 16.7 Å². The summed E-state index contributed by atoms with van der Waals surface area (Å²) in [6, 6.07) is 7.63. The first-order valence-electron chi connectivity index (χ1n) is 6.48. The van der Waals surface area contributed by atoms with Gasteiger partial charge in [0.15, 0.2) is 5.76 Å². The zero-order valence-electron chi connectivity index (χ0n) is 11.6. The number of furan rings is 1. The van der Waals surface area contributed by atoms with Gasteiger partial charge >= 0.3 is 0 Å². The van der Waals surface area contributed by atoms with E-state index in [1.54, 1.807) is 0 Å². The summed E-state index contributed by atoms with van der Waals surface area (Å²) in [5.74, 6) is -2.44. The Labute approximate surface area is 125 Å². The molecule has 2 aromatic rings. The lowest BCUT2D eigenvalue weighted by Gasteiger charge is -2.31. The number of carbonyl (C=O) groups excluding carboxylic acids is 2. The number of rotatable bonds is 6. The van der Waals surface area contributed by atoms with Gasteiger partial charge in [-0.05, 0) is 24.1 Å². The number of aliphatic carboxylic acids is 1. The highest BCUT2D eigenvalue weighted by Gasteiger charge is 2.42. The minimum Gasteiger partial charge on any atom is -0.549 e. The van der Waals surface area contributed by atoms with E-state index in [-0.39, 0.29) is 23.4 Å². The number of nitro groups is 1. The van der Waals surface area contributed by atoms with E-state index < -0.39 is 22.1 Å². The third-order valence-corrected chi connectivity index (χ3v) is 3.58. The van der Waals surface area contributed by atoms with Crippen molar-refractivity contribution in [2.75, 3.05) is 0 Å². The van der Waals surface area contributed by atoms with E-state index >= 15 is 0 Å². The van der Waals surface area contributed by atoms with Crippen molar-refractivity contribution in [2.45, 2.75) is 18.8 Å². The molecule has 0 radical (unpaired) electrons. The quantitative estimate of drug-likeness (QED) is 0.345. The Bertz CT molecular complexity index is 704. The molecule has 0 aliphatic rings. The van der Waals surface area contributed by atoms with Gasteiger partial charge in [0, 0.05) is 12.1 Å². The molecule has 0 N–H and O–H groups in total. The first kappa shape index (κ1) is 15.4. The lowest BCUT2D eigenvalue weighted by molar-refractivity contribution is -0.384. The highest BCUT2D eigenvalue weighted by atomic mass is 16.6. The molecule has 1 unspecified atom stereocenters. The van der Waals surface area contributed by atoms with Crippen molar-refractivity contribution >= 4 is 17.4 Å². The van der Waals surface area contributed by atoms with Crippen LogP contribution in [0, 0.1) is 10.1 Å². The molecule has 1 heterocycles. The van der Waals surface area contributed by atoms with Crippen LogP contribution in [0.4, 0.5) is 5.69 Å². The number of carboxylic acid groups (broad SMARTS) is 1. The van der Waals surface area contributed by atoms with Gasteiger partial charge in [0.25, 0.3) is 5.69 Å². The molecule has 0 fully saturated rings. The summed E-state index contributed by atoms with van der Waals surface area (Å²) in [7, 11) is 0. The molecule has 2 rings (SSSR count). The molecule has 0 saturated heterocycles. The van der Waals surface area contributed by atoms with Crippen molar-refractivity contribution in [1.82, 2.24) is 0 Å². The first-order valence-corrected chi connectivity index (χ1v) is 6.48. The maximum absolute atomic E-state index is 12.6. The Morgan fingerprint density at radius 2 is 1.86 bits per heavy atom. The summed E-state index contributed by atoms with van der Waals surface area (Å²) >= 11 is 0. The van der Waals surface area contributed by atoms with Crippen LogP contribution in [0.2, 0.25) is 0 Å². The van der Waals surface area contributed by atoms with Crippen LogP contribution in [0.25, 0.3) is 0 Å². The van der Waals surface area contributed by atoms with E-state index in [0.717, 1.165) is 12.1 Å². The van der Waals surface area contributed by atoms with Crippen molar-refractivity contribution in [3.63, 3.8) is 0 Å². The van der Waals surface area contributed by atoms with Gasteiger partial charge in [-0.25, -0.2) is 0 Å². The highest BCUT2D eigenvalue weighted by molar-refractivity contribution is 6.15. The number of Topliss-reactive ketones (excluding diaryl/α,β-unsaturated/α-hetero) is 1. The van der Waals surface area contributed by atoms with Crippen LogP contribution in [0.15, 0.2) is 47.1 Å². The number of hydrogen-bond donors (Lipinski definition) is 0. The standard InChI is InChI=1S/C15H13NO6/c1-2-15(14(18)19,13(17)12-4-3-9-22-12)10-5-7-11(8-6-10)16(20)21/h3-9H,2H2,1H3,(H,18,19)/p-1. The molecular formula is C15H12NO6-. The number of nitro benzene ring substituents is 1. The van der Waals surface area contributed by atoms with Crippen LogP contribution in [0.3, 0.4) is 0 Å². The summed E-state index contributed by atoms with van der Waals surface area (Å²) in [6.45, 7) is 1.53. The molecule has 0 aliphatic carbocycles. The second kappa shape index (κ2) is 5.80. The zero-order valence-corrected chi connectivity index (χ0v) is 11.6. The van der Waals surface area contributed by atoms with Crippen molar-refractivity contribution in [3.8, 4) is 0 Å². The monoisotopic (exact) mass is 302 g/mol. The zero-order chi connectivity index (χ0) is 16.3. The summed E-state index contributed by atoms with van der Waals surface area (Å²) in [4.78, 5) is 34.3. The van der Waals surface area contributed by atoms with Crippen LogP contribution >= 0.6 is 0 Å². The van der Waals surface area contributed by atoms with E-state index in [1.807, 2.05) is 0 Å². The van der Waals surface area contributed by atoms with E-state index in [4.69, 9.17) is 4.42 Å². The molecule has 1 atom stereocenters. The fourth-order valence-electron chi connectivity index (χ4n) is 2.34. The molecule has 0 bridgehead atoms. The van der Waals surface area contributed by atoms with Crippen LogP contribution in [-0.2, 0) is 10.2 Å². The fraction of sp³-hybridized carbons (Fsp3) is 0.200. The number of carbonyl (C=O) groups is 2. The van der Waals surface area contributed by atoms with Gasteiger partial charge in [-0.1, -0.05) is 19.1 Å². The van der Waals surface area contributed by atoms with Gasteiger partial charge in [-0.3, -0.25) is 14.9 Å². The molecule has 0 aliphatic heterocycles. The predicted octanol–water partition coefficient (Wildman–Crippen LogP) is 1.47. The number of nitrogens with zero attached hydrogens (tertiary/aromatic N) is 1. The Hall–Kier alpha value is -2.96. The number of hydrogen-bond acceptors (Lipinski definition) is 6. The lowest BCUT2D eigenvalue weighted by Crippen LogP contribution is -2.51. The maximum Gasteiger partial charge on any atom is 0.269 e. The normalized spacial score (nSPS) is 13.3. The predicted molar refractivity (Wildman–Crippen MR) is 73.1 cm³/mol. The Kier molecular flexibility index (Phi) is 4.07. The van der Waals surface area contributed by atoms with Gasteiger partial charge in [-0.15, -0.1) is 0 Å². The molecule has 0 saturated carbocycles. The second-order valence-corrected chi connectivity index (χ2v) is 4.66. The van der Waals surface area contributed by atoms with Gasteiger partial charge in [0.2, 0.25) is 5.78 Å². The Morgan fingerprint density at radius 1 is 1.23 bits per heavy atom. The molecule has 22 heavy (non-hydrogen) atoms. The molecule has 114 valence electrons. The van der Waals surface area contributed by atoms with Gasteiger partial charge < -0.3 is 14.3 Å².